The molecule has 1 rings (SSSR count). The summed E-state index contributed by atoms with van der Waals surface area (Å²) in [4.78, 5) is -0.318. The summed E-state index contributed by atoms with van der Waals surface area (Å²) in [6, 6.07) is 5.36. The Bertz CT molecular complexity index is 624. The van der Waals surface area contributed by atoms with Crippen LogP contribution in [0.5, 0.6) is 0 Å². The second-order valence-electron chi connectivity index (χ2n) is 4.67. The lowest BCUT2D eigenvalue weighted by Crippen LogP contribution is -2.20. The molecule has 1 N–H and O–H groups in total. The number of alkyl halides is 2. The quantitative estimate of drug-likeness (QED) is 0.612. The molecule has 1 aromatic rings. The third-order valence-corrected chi connectivity index (χ3v) is 4.05. The van der Waals surface area contributed by atoms with Crippen molar-refractivity contribution in [1.82, 2.24) is 0 Å². The largest absolute Gasteiger partial charge is 0.385 e. The maximum atomic E-state index is 13.5. The molecule has 0 saturated carbocycles. The van der Waals surface area contributed by atoms with E-state index in [1.807, 2.05) is 0 Å². The van der Waals surface area contributed by atoms with Crippen molar-refractivity contribution < 1.29 is 30.9 Å². The smallest absolute Gasteiger partial charge is 0.339 e. The maximum absolute atomic E-state index is 13.5. The fourth-order valence-electron chi connectivity index (χ4n) is 1.64. The standard InChI is InChI=1S/C14H17F3O4S/c1-3-4-11(18)13(12(15)14(16)17)21-22(19,20)10-7-5-9(2)6-8-10/h5-8,11,14,18H,3-4H2,1-2H3/b13-12+. The molecule has 1 unspecified atom stereocenters. The second-order valence-corrected chi connectivity index (χ2v) is 6.21. The van der Waals surface area contributed by atoms with Gasteiger partial charge in [-0.3, -0.25) is 0 Å². The number of hydrogen-bond donors (Lipinski definition) is 1. The lowest BCUT2D eigenvalue weighted by atomic mass is 10.1. The first-order valence-electron chi connectivity index (χ1n) is 6.56. The van der Waals surface area contributed by atoms with Crippen LogP contribution in [0.25, 0.3) is 0 Å². The first kappa shape index (κ1) is 18.5. The maximum Gasteiger partial charge on any atom is 0.339 e. The molecule has 0 aliphatic rings. The van der Waals surface area contributed by atoms with E-state index in [0.29, 0.717) is 6.42 Å². The molecule has 0 amide bonds. The molecular formula is C14H17F3O4S. The van der Waals surface area contributed by atoms with Gasteiger partial charge in [0.1, 0.15) is 11.0 Å². The van der Waals surface area contributed by atoms with Gasteiger partial charge in [0.05, 0.1) is 0 Å². The molecule has 0 aromatic heterocycles. The van der Waals surface area contributed by atoms with Gasteiger partial charge in [-0.1, -0.05) is 31.0 Å². The van der Waals surface area contributed by atoms with E-state index in [4.69, 9.17) is 0 Å². The Morgan fingerprint density at radius 1 is 1.27 bits per heavy atom. The fraction of sp³-hybridized carbons (Fsp3) is 0.429. The first-order valence-corrected chi connectivity index (χ1v) is 7.96. The summed E-state index contributed by atoms with van der Waals surface area (Å²) < 4.78 is 66.9. The molecule has 8 heteroatoms. The third-order valence-electron chi connectivity index (χ3n) is 2.80. The molecule has 124 valence electrons. The molecule has 0 bridgehead atoms. The number of allylic oxidation sites excluding steroid dienone is 1. The Morgan fingerprint density at radius 3 is 2.27 bits per heavy atom. The monoisotopic (exact) mass is 338 g/mol. The highest BCUT2D eigenvalue weighted by atomic mass is 32.2. The van der Waals surface area contributed by atoms with Crippen molar-refractivity contribution in [2.45, 2.75) is 44.1 Å². The van der Waals surface area contributed by atoms with Crippen LogP contribution in [-0.2, 0) is 14.3 Å². The zero-order valence-electron chi connectivity index (χ0n) is 12.1. The van der Waals surface area contributed by atoms with Crippen LogP contribution in [0.15, 0.2) is 40.7 Å². The van der Waals surface area contributed by atoms with E-state index in [1.54, 1.807) is 13.8 Å². The molecule has 4 nitrogen and oxygen atoms in total. The number of rotatable bonds is 7. The van der Waals surface area contributed by atoms with E-state index >= 15 is 0 Å². The van der Waals surface area contributed by atoms with Gasteiger partial charge in [-0.15, -0.1) is 0 Å². The average Bonchev–Trinajstić information content (AvgIpc) is 2.44. The van der Waals surface area contributed by atoms with Gasteiger partial charge in [-0.2, -0.15) is 8.42 Å². The summed E-state index contributed by atoms with van der Waals surface area (Å²) in [5, 5.41) is 9.66. The fourth-order valence-corrected chi connectivity index (χ4v) is 2.63. The number of aryl methyl sites for hydroxylation is 1. The number of aliphatic hydroxyl groups excluding tert-OH is 1. The van der Waals surface area contributed by atoms with Crippen molar-refractivity contribution in [3.8, 4) is 0 Å². The van der Waals surface area contributed by atoms with Gasteiger partial charge < -0.3 is 9.29 Å². The molecule has 0 aliphatic carbocycles. The lowest BCUT2D eigenvalue weighted by Gasteiger charge is -2.16. The van der Waals surface area contributed by atoms with Gasteiger partial charge in [-0.25, -0.2) is 13.2 Å². The summed E-state index contributed by atoms with van der Waals surface area (Å²) in [7, 11) is -4.51. The molecule has 1 aromatic carbocycles. The second kappa shape index (κ2) is 7.64. The van der Waals surface area contributed by atoms with Crippen molar-refractivity contribution in [3.05, 3.63) is 41.4 Å². The Kier molecular flexibility index (Phi) is 6.43. The van der Waals surface area contributed by atoms with Crippen LogP contribution < -0.4 is 0 Å². The van der Waals surface area contributed by atoms with Crippen molar-refractivity contribution >= 4 is 10.1 Å². The highest BCUT2D eigenvalue weighted by Crippen LogP contribution is 2.26. The van der Waals surface area contributed by atoms with Crippen molar-refractivity contribution in [2.24, 2.45) is 0 Å². The van der Waals surface area contributed by atoms with E-state index in [1.165, 1.54) is 24.3 Å². The summed E-state index contributed by atoms with van der Waals surface area (Å²) in [6.45, 7) is 3.35. The molecule has 0 heterocycles. The normalized spacial score (nSPS) is 14.7. The summed E-state index contributed by atoms with van der Waals surface area (Å²) >= 11 is 0. The minimum absolute atomic E-state index is 0.112. The third kappa shape index (κ3) is 4.74. The van der Waals surface area contributed by atoms with Gasteiger partial charge >= 0.3 is 10.1 Å². The van der Waals surface area contributed by atoms with E-state index in [2.05, 4.69) is 4.18 Å². The minimum Gasteiger partial charge on any atom is -0.385 e. The van der Waals surface area contributed by atoms with Gasteiger partial charge in [0.15, 0.2) is 5.76 Å². The average molecular weight is 338 g/mol. The molecule has 0 radical (unpaired) electrons. The highest BCUT2D eigenvalue weighted by Gasteiger charge is 2.29. The molecule has 1 atom stereocenters. The number of halogens is 3. The van der Waals surface area contributed by atoms with Crippen LogP contribution in [-0.4, -0.2) is 26.1 Å². The van der Waals surface area contributed by atoms with Crippen LogP contribution in [0.1, 0.15) is 25.3 Å². The summed E-state index contributed by atoms with van der Waals surface area (Å²) in [6.07, 6.45) is -5.12. The first-order chi connectivity index (χ1) is 10.2. The number of aliphatic hydroxyl groups is 1. The number of hydrogen-bond acceptors (Lipinski definition) is 4. The van der Waals surface area contributed by atoms with E-state index in [0.717, 1.165) is 5.56 Å². The predicted molar refractivity (Wildman–Crippen MR) is 74.5 cm³/mol. The molecule has 0 spiro atoms. The molecule has 0 aliphatic heterocycles. The Balaban J connectivity index is 3.18. The van der Waals surface area contributed by atoms with E-state index in [9.17, 15) is 26.7 Å². The van der Waals surface area contributed by atoms with Crippen molar-refractivity contribution in [3.63, 3.8) is 0 Å². The predicted octanol–water partition coefficient (Wildman–Crippen LogP) is 3.31. The topological polar surface area (TPSA) is 63.6 Å². The van der Waals surface area contributed by atoms with Crippen LogP contribution in [0.3, 0.4) is 0 Å². The van der Waals surface area contributed by atoms with Crippen molar-refractivity contribution in [2.75, 3.05) is 0 Å². The van der Waals surface area contributed by atoms with Gasteiger partial charge in [-0.05, 0) is 25.5 Å². The molecule has 22 heavy (non-hydrogen) atoms. The SMILES string of the molecule is CCCC(O)/C(OS(=O)(=O)c1ccc(C)cc1)=C(\F)C(F)F. The Labute approximate surface area is 127 Å². The molecular weight excluding hydrogens is 321 g/mol. The van der Waals surface area contributed by atoms with Gasteiger partial charge in [0, 0.05) is 0 Å². The van der Waals surface area contributed by atoms with Crippen LogP contribution in [0, 0.1) is 6.92 Å². The molecule has 0 saturated heterocycles. The lowest BCUT2D eigenvalue weighted by molar-refractivity contribution is 0.113. The van der Waals surface area contributed by atoms with E-state index in [-0.39, 0.29) is 11.3 Å². The Hall–Kier alpha value is -1.54. The molecule has 0 fully saturated rings. The zero-order chi connectivity index (χ0) is 16.9. The van der Waals surface area contributed by atoms with Crippen LogP contribution in [0.4, 0.5) is 13.2 Å². The summed E-state index contributed by atoms with van der Waals surface area (Å²) in [5.74, 6) is -3.35. The Morgan fingerprint density at radius 2 is 1.82 bits per heavy atom. The van der Waals surface area contributed by atoms with Crippen LogP contribution >= 0.6 is 0 Å². The van der Waals surface area contributed by atoms with Gasteiger partial charge in [0.2, 0.25) is 5.83 Å². The zero-order valence-corrected chi connectivity index (χ0v) is 12.9. The van der Waals surface area contributed by atoms with Crippen LogP contribution in [0.2, 0.25) is 0 Å². The summed E-state index contributed by atoms with van der Waals surface area (Å²) in [5.41, 5.74) is 0.777. The highest BCUT2D eigenvalue weighted by molar-refractivity contribution is 7.86. The number of benzene rings is 1. The van der Waals surface area contributed by atoms with E-state index < -0.39 is 34.2 Å². The minimum atomic E-state index is -4.51. The van der Waals surface area contributed by atoms with Gasteiger partial charge in [0.25, 0.3) is 6.43 Å². The van der Waals surface area contributed by atoms with Crippen molar-refractivity contribution in [1.29, 1.82) is 0 Å².